The van der Waals surface area contributed by atoms with Crippen molar-refractivity contribution >= 4 is 17.4 Å². The van der Waals surface area contributed by atoms with Crippen molar-refractivity contribution in [3.05, 3.63) is 48.2 Å². The molecular weight excluding hydrogens is 422 g/mol. The minimum atomic E-state index is -0.168. The number of nitrogens with one attached hydrogen (secondary N) is 1. The van der Waals surface area contributed by atoms with Gasteiger partial charge in [0.2, 0.25) is 0 Å². The van der Waals surface area contributed by atoms with Gasteiger partial charge < -0.3 is 10.1 Å². The molecule has 34 heavy (non-hydrogen) atoms. The third-order valence-electron chi connectivity index (χ3n) is 5.80. The number of anilines is 1. The SMILES string of the molecule is CCCCCCC(=O)Oc1ccc(-c2nc3cc(C)ccn3c2NC(C)(C)CC(C)(C)C)cc1. The van der Waals surface area contributed by atoms with E-state index in [0.29, 0.717) is 12.2 Å². The summed E-state index contributed by atoms with van der Waals surface area (Å²) in [4.78, 5) is 17.1. The molecule has 3 aromatic rings. The van der Waals surface area contributed by atoms with Gasteiger partial charge in [0.05, 0.1) is 0 Å². The highest BCUT2D eigenvalue weighted by molar-refractivity contribution is 5.78. The second-order valence-electron chi connectivity index (χ2n) is 11.3. The fourth-order valence-corrected chi connectivity index (χ4v) is 4.72. The van der Waals surface area contributed by atoms with Crippen molar-refractivity contribution in [2.24, 2.45) is 5.41 Å². The van der Waals surface area contributed by atoms with E-state index in [1.165, 1.54) is 5.56 Å². The molecule has 0 aliphatic carbocycles. The molecule has 0 atom stereocenters. The Hall–Kier alpha value is -2.82. The number of ether oxygens (including phenoxy) is 1. The third-order valence-corrected chi connectivity index (χ3v) is 5.80. The molecule has 0 unspecified atom stereocenters. The summed E-state index contributed by atoms with van der Waals surface area (Å²) >= 11 is 0. The lowest BCUT2D eigenvalue weighted by Gasteiger charge is -2.34. The molecule has 0 spiro atoms. The predicted octanol–water partition coefficient (Wildman–Crippen LogP) is 7.81. The van der Waals surface area contributed by atoms with E-state index in [-0.39, 0.29) is 16.9 Å². The second-order valence-corrected chi connectivity index (χ2v) is 11.3. The number of aryl methyl sites for hydroxylation is 1. The quantitative estimate of drug-likeness (QED) is 0.189. The second kappa shape index (κ2) is 10.6. The molecule has 5 heteroatoms. The van der Waals surface area contributed by atoms with Crippen LogP contribution in [0.5, 0.6) is 5.75 Å². The molecule has 184 valence electrons. The van der Waals surface area contributed by atoms with Crippen LogP contribution in [0.1, 0.15) is 85.6 Å². The number of rotatable bonds is 10. The molecule has 0 aliphatic rings. The summed E-state index contributed by atoms with van der Waals surface area (Å²) < 4.78 is 7.67. The Balaban J connectivity index is 1.86. The van der Waals surface area contributed by atoms with Crippen LogP contribution in [0.3, 0.4) is 0 Å². The molecule has 5 nitrogen and oxygen atoms in total. The maximum atomic E-state index is 12.2. The van der Waals surface area contributed by atoms with Crippen LogP contribution < -0.4 is 10.1 Å². The summed E-state index contributed by atoms with van der Waals surface area (Å²) in [6.07, 6.45) is 7.80. The third kappa shape index (κ3) is 7.09. The number of fused-ring (bicyclic) bond motifs is 1. The highest BCUT2D eigenvalue weighted by Crippen LogP contribution is 2.35. The van der Waals surface area contributed by atoms with Gasteiger partial charge in [0.1, 0.15) is 22.9 Å². The van der Waals surface area contributed by atoms with Crippen molar-refractivity contribution < 1.29 is 9.53 Å². The van der Waals surface area contributed by atoms with Crippen LogP contribution >= 0.6 is 0 Å². The van der Waals surface area contributed by atoms with Crippen molar-refractivity contribution in [2.75, 3.05) is 5.32 Å². The molecule has 0 fully saturated rings. The van der Waals surface area contributed by atoms with E-state index in [0.717, 1.165) is 54.8 Å². The van der Waals surface area contributed by atoms with Crippen molar-refractivity contribution in [3.63, 3.8) is 0 Å². The van der Waals surface area contributed by atoms with Gasteiger partial charge in [-0.25, -0.2) is 4.98 Å². The Morgan fingerprint density at radius 2 is 1.74 bits per heavy atom. The van der Waals surface area contributed by atoms with Crippen LogP contribution in [0.4, 0.5) is 5.82 Å². The molecule has 2 aromatic heterocycles. The highest BCUT2D eigenvalue weighted by atomic mass is 16.5. The first-order valence-electron chi connectivity index (χ1n) is 12.6. The Bertz CT molecular complexity index is 1100. The summed E-state index contributed by atoms with van der Waals surface area (Å²) in [6, 6.07) is 11.9. The first-order valence-corrected chi connectivity index (χ1v) is 12.6. The van der Waals surface area contributed by atoms with Crippen LogP contribution in [0, 0.1) is 12.3 Å². The molecule has 2 heterocycles. The maximum Gasteiger partial charge on any atom is 0.311 e. The van der Waals surface area contributed by atoms with E-state index >= 15 is 0 Å². The zero-order valence-corrected chi connectivity index (χ0v) is 22.0. The lowest BCUT2D eigenvalue weighted by Crippen LogP contribution is -2.36. The Morgan fingerprint density at radius 3 is 2.38 bits per heavy atom. The van der Waals surface area contributed by atoms with E-state index in [1.54, 1.807) is 0 Å². The summed E-state index contributed by atoms with van der Waals surface area (Å²) in [5, 5.41) is 3.78. The molecule has 0 radical (unpaired) electrons. The number of aromatic nitrogens is 2. The Morgan fingerprint density at radius 1 is 1.03 bits per heavy atom. The average molecular weight is 464 g/mol. The van der Waals surface area contributed by atoms with Gasteiger partial charge in [0, 0.05) is 23.7 Å². The summed E-state index contributed by atoms with van der Waals surface area (Å²) in [6.45, 7) is 15.5. The standard InChI is InChI=1S/C29H41N3O2/c1-8-9-10-11-12-25(33)34-23-15-13-22(14-16-23)26-27(31-29(6,7)20-28(3,4)5)32-18-17-21(2)19-24(32)30-26/h13-19,31H,8-12,20H2,1-7H3. The van der Waals surface area contributed by atoms with Crippen molar-refractivity contribution in [1.82, 2.24) is 9.38 Å². The fourth-order valence-electron chi connectivity index (χ4n) is 4.72. The number of hydrogen-bond acceptors (Lipinski definition) is 4. The first kappa shape index (κ1) is 25.8. The molecule has 0 saturated heterocycles. The number of esters is 1. The van der Waals surface area contributed by atoms with Gasteiger partial charge >= 0.3 is 5.97 Å². The molecule has 0 bridgehead atoms. The van der Waals surface area contributed by atoms with E-state index in [1.807, 2.05) is 24.3 Å². The van der Waals surface area contributed by atoms with Crippen LogP contribution in [0.15, 0.2) is 42.6 Å². The van der Waals surface area contributed by atoms with Crippen molar-refractivity contribution in [2.45, 2.75) is 92.5 Å². The van der Waals surface area contributed by atoms with Crippen molar-refractivity contribution in [3.8, 4) is 17.0 Å². The smallest absolute Gasteiger partial charge is 0.311 e. The van der Waals surface area contributed by atoms with E-state index in [2.05, 4.69) is 76.5 Å². The number of carbonyl (C=O) groups excluding carboxylic acids is 1. The monoisotopic (exact) mass is 463 g/mol. The summed E-state index contributed by atoms with van der Waals surface area (Å²) in [7, 11) is 0. The largest absolute Gasteiger partial charge is 0.427 e. The van der Waals surface area contributed by atoms with Gasteiger partial charge in [-0.05, 0) is 81.0 Å². The van der Waals surface area contributed by atoms with E-state index < -0.39 is 0 Å². The minimum absolute atomic E-state index is 0.124. The van der Waals surface area contributed by atoms with Gasteiger partial charge in [-0.15, -0.1) is 0 Å². The van der Waals surface area contributed by atoms with Gasteiger partial charge in [-0.3, -0.25) is 9.20 Å². The number of unbranched alkanes of at least 4 members (excludes halogenated alkanes) is 3. The first-order chi connectivity index (χ1) is 16.0. The minimum Gasteiger partial charge on any atom is -0.427 e. The lowest BCUT2D eigenvalue weighted by atomic mass is 9.82. The zero-order chi connectivity index (χ0) is 24.9. The lowest BCUT2D eigenvalue weighted by molar-refractivity contribution is -0.134. The number of hydrogen-bond donors (Lipinski definition) is 1. The Kier molecular flexibility index (Phi) is 8.06. The molecule has 0 amide bonds. The summed E-state index contributed by atoms with van der Waals surface area (Å²) in [5.74, 6) is 1.38. The molecule has 0 saturated carbocycles. The average Bonchev–Trinajstić information content (AvgIpc) is 3.06. The van der Waals surface area contributed by atoms with Crippen LogP contribution in [0.2, 0.25) is 0 Å². The normalized spacial score (nSPS) is 12.2. The number of nitrogens with zero attached hydrogens (tertiary/aromatic N) is 2. The zero-order valence-electron chi connectivity index (χ0n) is 22.0. The van der Waals surface area contributed by atoms with E-state index in [4.69, 9.17) is 9.72 Å². The van der Waals surface area contributed by atoms with Crippen LogP contribution in [-0.2, 0) is 4.79 Å². The summed E-state index contributed by atoms with van der Waals surface area (Å²) in [5.41, 5.74) is 4.03. The van der Waals surface area contributed by atoms with Gasteiger partial charge in [-0.1, -0.05) is 47.0 Å². The van der Waals surface area contributed by atoms with Crippen LogP contribution in [0.25, 0.3) is 16.9 Å². The number of imidazole rings is 1. The molecule has 1 N–H and O–H groups in total. The van der Waals surface area contributed by atoms with Gasteiger partial charge in [-0.2, -0.15) is 0 Å². The molecule has 0 aliphatic heterocycles. The topological polar surface area (TPSA) is 55.6 Å². The van der Waals surface area contributed by atoms with E-state index in [9.17, 15) is 4.79 Å². The highest BCUT2D eigenvalue weighted by Gasteiger charge is 2.28. The number of pyridine rings is 1. The Labute approximate surface area is 204 Å². The van der Waals surface area contributed by atoms with Crippen molar-refractivity contribution in [1.29, 1.82) is 0 Å². The van der Waals surface area contributed by atoms with Crippen LogP contribution in [-0.4, -0.2) is 20.9 Å². The number of benzene rings is 1. The van der Waals surface area contributed by atoms with Gasteiger partial charge in [0.25, 0.3) is 0 Å². The molecular formula is C29H41N3O2. The van der Waals surface area contributed by atoms with Gasteiger partial charge in [0.15, 0.2) is 0 Å². The fraction of sp³-hybridized carbons (Fsp3) is 0.517. The predicted molar refractivity (Wildman–Crippen MR) is 142 cm³/mol. The number of carbonyl (C=O) groups is 1. The molecule has 3 rings (SSSR count). The molecule has 1 aromatic carbocycles. The maximum absolute atomic E-state index is 12.2.